The highest BCUT2D eigenvalue weighted by Gasteiger charge is 2.66. The Labute approximate surface area is 125 Å². The van der Waals surface area contributed by atoms with Crippen molar-refractivity contribution in [2.24, 2.45) is 5.92 Å². The number of ether oxygens (including phenoxy) is 2. The number of carbonyl (C=O) groups is 1. The standard InChI is InChI=1S/C18H22O3/c1-13-20-18(12-19,21-13)17-11-5-4-7-15(17)10-9-14-6-2-3-8-16(14)17/h2-3,6,8,12-13,15H,4-5,7,9-11H2,1H3/t13-,15?,17-,18+/m1/s1. The molecule has 21 heavy (non-hydrogen) atoms. The molecule has 1 saturated heterocycles. The summed E-state index contributed by atoms with van der Waals surface area (Å²) in [6, 6.07) is 8.56. The van der Waals surface area contributed by atoms with Crippen LogP contribution >= 0.6 is 0 Å². The largest absolute Gasteiger partial charge is 0.313 e. The molecule has 3 aliphatic rings. The molecule has 0 aromatic heterocycles. The summed E-state index contributed by atoms with van der Waals surface area (Å²) in [5.74, 6) is -0.576. The fourth-order valence-electron chi connectivity index (χ4n) is 5.01. The van der Waals surface area contributed by atoms with Crippen LogP contribution in [0.15, 0.2) is 24.3 Å². The summed E-state index contributed by atoms with van der Waals surface area (Å²) in [5.41, 5.74) is 2.37. The Hall–Kier alpha value is -1.19. The van der Waals surface area contributed by atoms with Gasteiger partial charge < -0.3 is 9.47 Å². The quantitative estimate of drug-likeness (QED) is 0.782. The SMILES string of the molecule is C[C@H]1O[C@@](C=O)([C@]23CCCCC2CCc2ccccc23)O1. The molecule has 1 aliphatic heterocycles. The minimum atomic E-state index is -1.06. The van der Waals surface area contributed by atoms with Crippen LogP contribution in [0.3, 0.4) is 0 Å². The highest BCUT2D eigenvalue weighted by Crippen LogP contribution is 2.59. The summed E-state index contributed by atoms with van der Waals surface area (Å²) in [6.45, 7) is 1.87. The highest BCUT2D eigenvalue weighted by molar-refractivity contribution is 5.67. The number of benzene rings is 1. The summed E-state index contributed by atoms with van der Waals surface area (Å²) < 4.78 is 11.9. The van der Waals surface area contributed by atoms with Gasteiger partial charge in [-0.25, -0.2) is 0 Å². The van der Waals surface area contributed by atoms with Crippen LogP contribution in [0.4, 0.5) is 0 Å². The molecule has 3 heteroatoms. The minimum Gasteiger partial charge on any atom is -0.313 e. The summed E-state index contributed by atoms with van der Waals surface area (Å²) in [5, 5.41) is 0. The first-order chi connectivity index (χ1) is 10.2. The van der Waals surface area contributed by atoms with Crippen LogP contribution < -0.4 is 0 Å². The fraction of sp³-hybridized carbons (Fsp3) is 0.611. The Bertz CT molecular complexity index is 561. The van der Waals surface area contributed by atoms with Crippen LogP contribution in [-0.2, 0) is 26.1 Å². The summed E-state index contributed by atoms with van der Waals surface area (Å²) >= 11 is 0. The van der Waals surface area contributed by atoms with E-state index in [-0.39, 0.29) is 11.7 Å². The van der Waals surface area contributed by atoms with Crippen LogP contribution in [0.25, 0.3) is 0 Å². The molecule has 2 atom stereocenters. The molecule has 0 amide bonds. The summed E-state index contributed by atoms with van der Waals surface area (Å²) in [6.07, 6.45) is 7.43. The van der Waals surface area contributed by atoms with Gasteiger partial charge in [0.1, 0.15) is 0 Å². The number of hydrogen-bond donors (Lipinski definition) is 0. The van der Waals surface area contributed by atoms with E-state index in [0.717, 1.165) is 32.0 Å². The molecule has 1 aromatic rings. The Morgan fingerprint density at radius 2 is 2.00 bits per heavy atom. The van der Waals surface area contributed by atoms with Crippen molar-refractivity contribution < 1.29 is 14.3 Å². The molecule has 1 saturated carbocycles. The molecule has 1 unspecified atom stereocenters. The van der Waals surface area contributed by atoms with Gasteiger partial charge in [0.05, 0.1) is 5.41 Å². The average molecular weight is 286 g/mol. The van der Waals surface area contributed by atoms with Crippen molar-refractivity contribution in [3.05, 3.63) is 35.4 Å². The first kappa shape index (κ1) is 13.5. The third-order valence-electron chi connectivity index (χ3n) is 5.79. The smallest absolute Gasteiger partial charge is 0.240 e. The van der Waals surface area contributed by atoms with Gasteiger partial charge in [-0.15, -0.1) is 0 Å². The number of rotatable bonds is 2. The van der Waals surface area contributed by atoms with E-state index >= 15 is 0 Å². The van der Waals surface area contributed by atoms with Gasteiger partial charge in [-0.05, 0) is 49.7 Å². The number of aryl methyl sites for hydroxylation is 1. The lowest BCUT2D eigenvalue weighted by atomic mass is 9.53. The normalized spacial score (nSPS) is 41.6. The molecule has 2 aliphatic carbocycles. The van der Waals surface area contributed by atoms with Crippen molar-refractivity contribution in [2.45, 2.75) is 62.9 Å². The van der Waals surface area contributed by atoms with E-state index in [1.54, 1.807) is 0 Å². The molecule has 112 valence electrons. The Morgan fingerprint density at radius 1 is 1.19 bits per heavy atom. The Morgan fingerprint density at radius 3 is 2.76 bits per heavy atom. The van der Waals surface area contributed by atoms with Crippen LogP contribution in [0.5, 0.6) is 0 Å². The molecule has 3 nitrogen and oxygen atoms in total. The third kappa shape index (κ3) is 1.65. The molecule has 1 aromatic carbocycles. The zero-order chi connectivity index (χ0) is 14.5. The zero-order valence-corrected chi connectivity index (χ0v) is 12.5. The average Bonchev–Trinajstić information content (AvgIpc) is 2.51. The molecular formula is C18H22O3. The number of fused-ring (bicyclic) bond motifs is 3. The second-order valence-electron chi connectivity index (χ2n) is 6.70. The second kappa shape index (κ2) is 4.65. The van der Waals surface area contributed by atoms with Gasteiger partial charge in [-0.2, -0.15) is 0 Å². The lowest BCUT2D eigenvalue weighted by Crippen LogP contribution is -2.70. The molecule has 0 bridgehead atoms. The molecule has 0 N–H and O–H groups in total. The van der Waals surface area contributed by atoms with Gasteiger partial charge in [0.25, 0.3) is 0 Å². The van der Waals surface area contributed by atoms with E-state index in [1.165, 1.54) is 24.0 Å². The van der Waals surface area contributed by atoms with Gasteiger partial charge >= 0.3 is 0 Å². The second-order valence-corrected chi connectivity index (χ2v) is 6.70. The number of hydrogen-bond acceptors (Lipinski definition) is 3. The topological polar surface area (TPSA) is 35.5 Å². The molecular weight excluding hydrogens is 264 g/mol. The maximum absolute atomic E-state index is 12.0. The van der Waals surface area contributed by atoms with Gasteiger partial charge in [0.15, 0.2) is 12.6 Å². The highest BCUT2D eigenvalue weighted by atomic mass is 16.9. The lowest BCUT2D eigenvalue weighted by molar-refractivity contribution is -0.448. The van der Waals surface area contributed by atoms with Crippen molar-refractivity contribution in [2.75, 3.05) is 0 Å². The van der Waals surface area contributed by atoms with E-state index in [2.05, 4.69) is 24.3 Å². The maximum Gasteiger partial charge on any atom is 0.240 e. The molecule has 0 radical (unpaired) electrons. The van der Waals surface area contributed by atoms with Crippen LogP contribution in [-0.4, -0.2) is 18.4 Å². The van der Waals surface area contributed by atoms with Crippen molar-refractivity contribution >= 4 is 6.29 Å². The van der Waals surface area contributed by atoms with Crippen molar-refractivity contribution in [1.82, 2.24) is 0 Å². The van der Waals surface area contributed by atoms with Gasteiger partial charge in [-0.1, -0.05) is 37.1 Å². The zero-order valence-electron chi connectivity index (χ0n) is 12.5. The van der Waals surface area contributed by atoms with Crippen molar-refractivity contribution in [1.29, 1.82) is 0 Å². The number of carbonyl (C=O) groups excluding carboxylic acids is 1. The first-order valence-corrected chi connectivity index (χ1v) is 8.12. The Kier molecular flexibility index (Phi) is 2.98. The third-order valence-corrected chi connectivity index (χ3v) is 5.79. The van der Waals surface area contributed by atoms with Crippen molar-refractivity contribution in [3.8, 4) is 0 Å². The van der Waals surface area contributed by atoms with E-state index in [0.29, 0.717) is 5.92 Å². The van der Waals surface area contributed by atoms with Gasteiger partial charge in [-0.3, -0.25) is 4.79 Å². The summed E-state index contributed by atoms with van der Waals surface area (Å²) in [4.78, 5) is 12.0. The van der Waals surface area contributed by atoms with Crippen LogP contribution in [0.1, 0.15) is 50.2 Å². The van der Waals surface area contributed by atoms with Crippen LogP contribution in [0, 0.1) is 5.92 Å². The van der Waals surface area contributed by atoms with Gasteiger partial charge in [0.2, 0.25) is 5.79 Å². The van der Waals surface area contributed by atoms with Gasteiger partial charge in [0, 0.05) is 0 Å². The molecule has 4 rings (SSSR count). The number of aldehydes is 1. The Balaban J connectivity index is 1.90. The van der Waals surface area contributed by atoms with E-state index in [4.69, 9.17) is 9.47 Å². The van der Waals surface area contributed by atoms with Crippen LogP contribution in [0.2, 0.25) is 0 Å². The lowest BCUT2D eigenvalue weighted by Gasteiger charge is -2.60. The van der Waals surface area contributed by atoms with Crippen molar-refractivity contribution in [3.63, 3.8) is 0 Å². The predicted octanol–water partition coefficient (Wildman–Crippen LogP) is 3.35. The fourth-order valence-corrected chi connectivity index (χ4v) is 5.01. The van der Waals surface area contributed by atoms with E-state index in [9.17, 15) is 4.79 Å². The van der Waals surface area contributed by atoms with E-state index in [1.807, 2.05) is 6.92 Å². The monoisotopic (exact) mass is 286 g/mol. The first-order valence-electron chi connectivity index (χ1n) is 8.12. The molecule has 1 heterocycles. The summed E-state index contributed by atoms with van der Waals surface area (Å²) in [7, 11) is 0. The predicted molar refractivity (Wildman–Crippen MR) is 78.8 cm³/mol. The van der Waals surface area contributed by atoms with E-state index < -0.39 is 5.79 Å². The minimum absolute atomic E-state index is 0.277. The molecule has 0 spiro atoms. The molecule has 2 fully saturated rings. The maximum atomic E-state index is 12.0.